The minimum atomic E-state index is -0.184. The van der Waals surface area contributed by atoms with Gasteiger partial charge in [-0.05, 0) is 31.6 Å². The van der Waals surface area contributed by atoms with Crippen LogP contribution in [0.4, 0.5) is 4.79 Å². The average Bonchev–Trinajstić information content (AvgIpc) is 2.42. The molecule has 0 aromatic carbocycles. The maximum absolute atomic E-state index is 12.2. The molecule has 4 heteroatoms. The van der Waals surface area contributed by atoms with Gasteiger partial charge in [0.25, 0.3) is 0 Å². The zero-order valence-corrected chi connectivity index (χ0v) is 12.2. The van der Waals surface area contributed by atoms with Crippen molar-refractivity contribution in [3.8, 4) is 0 Å². The van der Waals surface area contributed by atoms with E-state index in [0.717, 1.165) is 19.3 Å². The van der Waals surface area contributed by atoms with Crippen LogP contribution in [0.1, 0.15) is 64.7 Å². The van der Waals surface area contributed by atoms with E-state index in [4.69, 9.17) is 5.73 Å². The van der Waals surface area contributed by atoms with Gasteiger partial charge in [0.1, 0.15) is 0 Å². The quantitative estimate of drug-likeness (QED) is 0.735. The third-order valence-electron chi connectivity index (χ3n) is 5.12. The fraction of sp³-hybridized carbons (Fsp3) is 0.933. The summed E-state index contributed by atoms with van der Waals surface area (Å²) >= 11 is 0. The Morgan fingerprint density at radius 1 is 1.16 bits per heavy atom. The molecule has 0 saturated heterocycles. The Morgan fingerprint density at radius 3 is 2.47 bits per heavy atom. The van der Waals surface area contributed by atoms with E-state index in [-0.39, 0.29) is 11.6 Å². The minimum Gasteiger partial charge on any atom is -0.335 e. The highest BCUT2D eigenvalue weighted by molar-refractivity contribution is 5.75. The molecular formula is C15H29N3O. The van der Waals surface area contributed by atoms with Gasteiger partial charge in [0.2, 0.25) is 0 Å². The summed E-state index contributed by atoms with van der Waals surface area (Å²) in [6.45, 7) is 2.76. The van der Waals surface area contributed by atoms with E-state index in [0.29, 0.717) is 18.5 Å². The Bertz CT molecular complexity index is 302. The van der Waals surface area contributed by atoms with Crippen LogP contribution in [0.5, 0.6) is 0 Å². The lowest BCUT2D eigenvalue weighted by Crippen LogP contribution is -2.62. The molecule has 0 spiro atoms. The molecule has 0 aromatic heterocycles. The second kappa shape index (κ2) is 6.60. The van der Waals surface area contributed by atoms with Crippen molar-refractivity contribution in [2.45, 2.75) is 76.3 Å². The minimum absolute atomic E-state index is 0.00824. The standard InChI is InChI=1S/C15H29N3O/c1-12-7-5-6-10-15(12,11-16)18-14(19)17-13-8-3-2-4-9-13/h12-13H,2-11,16H2,1H3,(H2,17,18,19). The second-order valence-electron chi connectivity index (χ2n) is 6.44. The Labute approximate surface area is 116 Å². The van der Waals surface area contributed by atoms with Crippen LogP contribution in [0, 0.1) is 5.92 Å². The normalized spacial score (nSPS) is 32.8. The van der Waals surface area contributed by atoms with Crippen LogP contribution in [-0.2, 0) is 0 Å². The lowest BCUT2D eigenvalue weighted by atomic mass is 9.73. The molecule has 0 radical (unpaired) electrons. The second-order valence-corrected chi connectivity index (χ2v) is 6.44. The van der Waals surface area contributed by atoms with Gasteiger partial charge in [0.15, 0.2) is 0 Å². The SMILES string of the molecule is CC1CCCCC1(CN)NC(=O)NC1CCCCC1. The molecule has 2 atom stereocenters. The number of rotatable bonds is 3. The summed E-state index contributed by atoms with van der Waals surface area (Å²) in [6, 6.07) is 0.355. The molecule has 2 aliphatic carbocycles. The maximum Gasteiger partial charge on any atom is 0.315 e. The van der Waals surface area contributed by atoms with Crippen LogP contribution in [-0.4, -0.2) is 24.2 Å². The summed E-state index contributed by atoms with van der Waals surface area (Å²) in [6.07, 6.45) is 10.7. The number of carbonyl (C=O) groups is 1. The molecular weight excluding hydrogens is 238 g/mol. The van der Waals surface area contributed by atoms with Crippen molar-refractivity contribution in [3.05, 3.63) is 0 Å². The molecule has 2 aliphatic rings. The van der Waals surface area contributed by atoms with Crippen molar-refractivity contribution >= 4 is 6.03 Å². The number of nitrogens with one attached hydrogen (secondary N) is 2. The lowest BCUT2D eigenvalue weighted by molar-refractivity contribution is 0.158. The van der Waals surface area contributed by atoms with Gasteiger partial charge in [-0.1, -0.05) is 39.0 Å². The van der Waals surface area contributed by atoms with Crippen molar-refractivity contribution in [1.29, 1.82) is 0 Å². The molecule has 0 aliphatic heterocycles. The maximum atomic E-state index is 12.2. The molecule has 2 amide bonds. The summed E-state index contributed by atoms with van der Waals surface area (Å²) in [5.74, 6) is 0.475. The third kappa shape index (κ3) is 3.62. The summed E-state index contributed by atoms with van der Waals surface area (Å²) in [5.41, 5.74) is 5.78. The molecule has 19 heavy (non-hydrogen) atoms. The van der Waals surface area contributed by atoms with Crippen LogP contribution >= 0.6 is 0 Å². The van der Waals surface area contributed by atoms with Crippen molar-refractivity contribution in [2.24, 2.45) is 11.7 Å². The van der Waals surface area contributed by atoms with E-state index < -0.39 is 0 Å². The van der Waals surface area contributed by atoms with Gasteiger partial charge < -0.3 is 16.4 Å². The Hall–Kier alpha value is -0.770. The average molecular weight is 267 g/mol. The fourth-order valence-corrected chi connectivity index (χ4v) is 3.65. The predicted octanol–water partition coefficient (Wildman–Crippen LogP) is 2.53. The monoisotopic (exact) mass is 267 g/mol. The molecule has 2 fully saturated rings. The lowest BCUT2D eigenvalue weighted by Gasteiger charge is -2.43. The highest BCUT2D eigenvalue weighted by atomic mass is 16.2. The number of carbonyl (C=O) groups excluding carboxylic acids is 1. The van der Waals surface area contributed by atoms with E-state index in [1.54, 1.807) is 0 Å². The zero-order chi connectivity index (χ0) is 13.7. The van der Waals surface area contributed by atoms with Crippen molar-refractivity contribution in [2.75, 3.05) is 6.54 Å². The van der Waals surface area contributed by atoms with E-state index in [1.165, 1.54) is 38.5 Å². The fourth-order valence-electron chi connectivity index (χ4n) is 3.65. The molecule has 2 rings (SSSR count). The zero-order valence-electron chi connectivity index (χ0n) is 12.2. The Morgan fingerprint density at radius 2 is 1.84 bits per heavy atom. The van der Waals surface area contributed by atoms with Gasteiger partial charge in [0.05, 0.1) is 5.54 Å². The van der Waals surface area contributed by atoms with Crippen molar-refractivity contribution in [1.82, 2.24) is 10.6 Å². The molecule has 0 aromatic rings. The van der Waals surface area contributed by atoms with Gasteiger partial charge in [0, 0.05) is 12.6 Å². The van der Waals surface area contributed by atoms with Gasteiger partial charge in [-0.3, -0.25) is 0 Å². The number of nitrogens with two attached hydrogens (primary N) is 1. The van der Waals surface area contributed by atoms with Gasteiger partial charge >= 0.3 is 6.03 Å². The summed E-state index contributed by atoms with van der Waals surface area (Å²) in [4.78, 5) is 12.2. The molecule has 2 saturated carbocycles. The number of amides is 2. The van der Waals surface area contributed by atoms with Crippen LogP contribution in [0.2, 0.25) is 0 Å². The summed E-state index contributed by atoms with van der Waals surface area (Å²) < 4.78 is 0. The number of urea groups is 1. The molecule has 110 valence electrons. The molecule has 0 bridgehead atoms. The largest absolute Gasteiger partial charge is 0.335 e. The number of hydrogen-bond acceptors (Lipinski definition) is 2. The first-order valence-corrected chi connectivity index (χ1v) is 7.95. The molecule has 2 unspecified atom stereocenters. The summed E-state index contributed by atoms with van der Waals surface area (Å²) in [5, 5.41) is 6.34. The van der Waals surface area contributed by atoms with E-state index in [2.05, 4.69) is 17.6 Å². The predicted molar refractivity (Wildman–Crippen MR) is 78.0 cm³/mol. The van der Waals surface area contributed by atoms with Crippen molar-refractivity contribution in [3.63, 3.8) is 0 Å². The highest BCUT2D eigenvalue weighted by Gasteiger charge is 2.38. The Balaban J connectivity index is 1.88. The van der Waals surface area contributed by atoms with Crippen LogP contribution < -0.4 is 16.4 Å². The van der Waals surface area contributed by atoms with Crippen molar-refractivity contribution < 1.29 is 4.79 Å². The van der Waals surface area contributed by atoms with Crippen LogP contribution in [0.15, 0.2) is 0 Å². The summed E-state index contributed by atoms with van der Waals surface area (Å²) in [7, 11) is 0. The van der Waals surface area contributed by atoms with Gasteiger partial charge in [-0.2, -0.15) is 0 Å². The molecule has 4 nitrogen and oxygen atoms in total. The first kappa shape index (κ1) is 14.6. The van der Waals surface area contributed by atoms with E-state index in [1.807, 2.05) is 0 Å². The van der Waals surface area contributed by atoms with Crippen LogP contribution in [0.25, 0.3) is 0 Å². The van der Waals surface area contributed by atoms with E-state index >= 15 is 0 Å². The van der Waals surface area contributed by atoms with Crippen LogP contribution in [0.3, 0.4) is 0 Å². The Kier molecular flexibility index (Phi) is 5.08. The third-order valence-corrected chi connectivity index (χ3v) is 5.12. The van der Waals surface area contributed by atoms with Gasteiger partial charge in [-0.25, -0.2) is 4.79 Å². The number of hydrogen-bond donors (Lipinski definition) is 3. The first-order chi connectivity index (χ1) is 9.16. The smallest absolute Gasteiger partial charge is 0.315 e. The topological polar surface area (TPSA) is 67.1 Å². The first-order valence-electron chi connectivity index (χ1n) is 7.95. The molecule has 4 N–H and O–H groups in total. The highest BCUT2D eigenvalue weighted by Crippen LogP contribution is 2.32. The molecule has 0 heterocycles. The van der Waals surface area contributed by atoms with Gasteiger partial charge in [-0.15, -0.1) is 0 Å². The van der Waals surface area contributed by atoms with E-state index in [9.17, 15) is 4.79 Å².